The van der Waals surface area contributed by atoms with Crippen LogP contribution in [0.1, 0.15) is 29.5 Å². The number of hydrogen-bond donors (Lipinski definition) is 1. The van der Waals surface area contributed by atoms with Crippen LogP contribution in [0.3, 0.4) is 0 Å². The predicted molar refractivity (Wildman–Crippen MR) is 82.8 cm³/mol. The van der Waals surface area contributed by atoms with E-state index in [9.17, 15) is 13.2 Å². The van der Waals surface area contributed by atoms with Gasteiger partial charge in [0.2, 0.25) is 0 Å². The molecular formula is C17H25F3N2. The van der Waals surface area contributed by atoms with Crippen LogP contribution < -0.4 is 5.32 Å². The third kappa shape index (κ3) is 5.61. The first kappa shape index (κ1) is 17.3. The van der Waals surface area contributed by atoms with Gasteiger partial charge in [-0.25, -0.2) is 0 Å². The van der Waals surface area contributed by atoms with Crippen LogP contribution in [0, 0.1) is 19.8 Å². The highest BCUT2D eigenvalue weighted by molar-refractivity contribution is 5.29. The molecular weight excluding hydrogens is 289 g/mol. The third-order valence-electron chi connectivity index (χ3n) is 4.34. The maximum Gasteiger partial charge on any atom is 0.401 e. The maximum atomic E-state index is 12.2. The minimum atomic E-state index is -4.12. The summed E-state index contributed by atoms with van der Waals surface area (Å²) < 4.78 is 36.5. The number of benzene rings is 1. The Labute approximate surface area is 130 Å². The summed E-state index contributed by atoms with van der Waals surface area (Å²) >= 11 is 0. The van der Waals surface area contributed by atoms with Gasteiger partial charge in [-0.2, -0.15) is 13.2 Å². The summed E-state index contributed by atoms with van der Waals surface area (Å²) in [6.45, 7) is 6.56. The summed E-state index contributed by atoms with van der Waals surface area (Å²) in [6, 6.07) is 6.49. The van der Waals surface area contributed by atoms with Crippen LogP contribution in [0.2, 0.25) is 0 Å². The highest BCUT2D eigenvalue weighted by Gasteiger charge is 2.27. The smallest absolute Gasteiger partial charge is 0.308 e. The van der Waals surface area contributed by atoms with Gasteiger partial charge in [-0.05, 0) is 62.4 Å². The van der Waals surface area contributed by atoms with Gasteiger partial charge < -0.3 is 5.32 Å². The van der Waals surface area contributed by atoms with Crippen LogP contribution in [0.5, 0.6) is 0 Å². The topological polar surface area (TPSA) is 15.3 Å². The minimum absolute atomic E-state index is 0.308. The van der Waals surface area contributed by atoms with E-state index < -0.39 is 12.7 Å². The van der Waals surface area contributed by atoms with E-state index in [2.05, 4.69) is 42.3 Å². The molecule has 1 saturated heterocycles. The van der Waals surface area contributed by atoms with Crippen molar-refractivity contribution in [3.63, 3.8) is 0 Å². The Morgan fingerprint density at radius 3 is 2.68 bits per heavy atom. The second-order valence-electron chi connectivity index (χ2n) is 6.41. The normalized spacial score (nSPS) is 20.3. The number of nitrogens with one attached hydrogen (secondary N) is 1. The van der Waals surface area contributed by atoms with Crippen molar-refractivity contribution in [3.05, 3.63) is 34.9 Å². The molecule has 124 valence electrons. The molecule has 1 atom stereocenters. The van der Waals surface area contributed by atoms with E-state index in [-0.39, 0.29) is 0 Å². The zero-order valence-electron chi connectivity index (χ0n) is 13.3. The van der Waals surface area contributed by atoms with Crippen molar-refractivity contribution in [1.29, 1.82) is 0 Å². The fourth-order valence-corrected chi connectivity index (χ4v) is 3.04. The van der Waals surface area contributed by atoms with Crippen molar-refractivity contribution in [2.24, 2.45) is 5.92 Å². The third-order valence-corrected chi connectivity index (χ3v) is 4.34. The van der Waals surface area contributed by atoms with Gasteiger partial charge in [-0.15, -0.1) is 0 Å². The standard InChI is InChI=1S/C17H25F3N2/c1-13-5-6-15(8-14(13)2)10-22-7-3-4-16(11-22)9-21-12-17(18,19)20/h5-6,8,16,21H,3-4,7,9-12H2,1-2H3. The highest BCUT2D eigenvalue weighted by atomic mass is 19.4. The van der Waals surface area contributed by atoms with Crippen LogP contribution in [0.25, 0.3) is 0 Å². The van der Waals surface area contributed by atoms with E-state index in [1.807, 2.05) is 0 Å². The molecule has 0 radical (unpaired) electrons. The first-order valence-electron chi connectivity index (χ1n) is 7.89. The summed E-state index contributed by atoms with van der Waals surface area (Å²) in [7, 11) is 0. The van der Waals surface area contributed by atoms with Gasteiger partial charge >= 0.3 is 6.18 Å². The molecule has 1 aromatic rings. The van der Waals surface area contributed by atoms with Gasteiger partial charge in [-0.1, -0.05) is 18.2 Å². The van der Waals surface area contributed by atoms with E-state index in [1.165, 1.54) is 16.7 Å². The van der Waals surface area contributed by atoms with Crippen molar-refractivity contribution in [3.8, 4) is 0 Å². The van der Waals surface area contributed by atoms with E-state index in [0.29, 0.717) is 12.5 Å². The van der Waals surface area contributed by atoms with Gasteiger partial charge in [0.05, 0.1) is 6.54 Å². The van der Waals surface area contributed by atoms with E-state index in [0.717, 1.165) is 32.5 Å². The lowest BCUT2D eigenvalue weighted by Gasteiger charge is -2.33. The molecule has 0 saturated carbocycles. The number of halogens is 3. The molecule has 0 bridgehead atoms. The Morgan fingerprint density at radius 1 is 1.23 bits per heavy atom. The molecule has 1 aromatic carbocycles. The number of aryl methyl sites for hydroxylation is 2. The molecule has 1 unspecified atom stereocenters. The summed E-state index contributed by atoms with van der Waals surface area (Å²) in [5, 5.41) is 2.54. The van der Waals surface area contributed by atoms with Crippen molar-refractivity contribution in [2.45, 2.75) is 39.4 Å². The average molecular weight is 314 g/mol. The molecule has 1 fully saturated rings. The predicted octanol–water partition coefficient (Wildman–Crippen LogP) is 3.67. The molecule has 0 amide bonds. The van der Waals surface area contributed by atoms with Gasteiger partial charge in [0.1, 0.15) is 0 Å². The molecule has 1 heterocycles. The monoisotopic (exact) mass is 314 g/mol. The Balaban J connectivity index is 1.81. The number of alkyl halides is 3. The van der Waals surface area contributed by atoms with E-state index in [1.54, 1.807) is 0 Å². The summed E-state index contributed by atoms with van der Waals surface area (Å²) in [5.41, 5.74) is 3.86. The molecule has 0 aliphatic carbocycles. The number of nitrogens with zero attached hydrogens (tertiary/aromatic N) is 1. The Morgan fingerprint density at radius 2 is 2.00 bits per heavy atom. The molecule has 0 spiro atoms. The summed E-state index contributed by atoms with van der Waals surface area (Å²) in [5.74, 6) is 0.308. The Bertz CT molecular complexity index is 485. The highest BCUT2D eigenvalue weighted by Crippen LogP contribution is 2.20. The second-order valence-corrected chi connectivity index (χ2v) is 6.41. The molecule has 1 aliphatic rings. The second kappa shape index (κ2) is 7.47. The number of rotatable bonds is 5. The summed E-state index contributed by atoms with van der Waals surface area (Å²) in [4.78, 5) is 2.35. The Kier molecular flexibility index (Phi) is 5.87. The minimum Gasteiger partial charge on any atom is -0.308 e. The van der Waals surface area contributed by atoms with E-state index >= 15 is 0 Å². The lowest BCUT2D eigenvalue weighted by Crippen LogP contribution is -2.41. The van der Waals surface area contributed by atoms with Gasteiger partial charge in [0.15, 0.2) is 0 Å². The number of piperidine rings is 1. The van der Waals surface area contributed by atoms with Crippen LogP contribution in [0.15, 0.2) is 18.2 Å². The molecule has 1 N–H and O–H groups in total. The van der Waals surface area contributed by atoms with Crippen LogP contribution in [-0.2, 0) is 6.54 Å². The van der Waals surface area contributed by atoms with Crippen LogP contribution in [0.4, 0.5) is 13.2 Å². The van der Waals surface area contributed by atoms with E-state index in [4.69, 9.17) is 0 Å². The zero-order chi connectivity index (χ0) is 16.2. The number of hydrogen-bond acceptors (Lipinski definition) is 2. The van der Waals surface area contributed by atoms with Gasteiger partial charge in [-0.3, -0.25) is 4.90 Å². The fraction of sp³-hybridized carbons (Fsp3) is 0.647. The van der Waals surface area contributed by atoms with Crippen molar-refractivity contribution in [1.82, 2.24) is 10.2 Å². The lowest BCUT2D eigenvalue weighted by atomic mass is 9.97. The maximum absolute atomic E-state index is 12.2. The summed E-state index contributed by atoms with van der Waals surface area (Å²) in [6.07, 6.45) is -2.05. The van der Waals surface area contributed by atoms with Crippen LogP contribution >= 0.6 is 0 Å². The van der Waals surface area contributed by atoms with Gasteiger partial charge in [0, 0.05) is 13.1 Å². The quantitative estimate of drug-likeness (QED) is 0.892. The zero-order valence-corrected chi connectivity index (χ0v) is 13.3. The molecule has 5 heteroatoms. The van der Waals surface area contributed by atoms with Crippen molar-refractivity contribution in [2.75, 3.05) is 26.2 Å². The molecule has 2 rings (SSSR count). The largest absolute Gasteiger partial charge is 0.401 e. The molecule has 0 aromatic heterocycles. The first-order chi connectivity index (χ1) is 10.3. The molecule has 22 heavy (non-hydrogen) atoms. The lowest BCUT2D eigenvalue weighted by molar-refractivity contribution is -0.125. The van der Waals surface area contributed by atoms with Crippen LogP contribution in [-0.4, -0.2) is 37.3 Å². The molecule has 1 aliphatic heterocycles. The van der Waals surface area contributed by atoms with Crippen molar-refractivity contribution < 1.29 is 13.2 Å². The van der Waals surface area contributed by atoms with Crippen molar-refractivity contribution >= 4 is 0 Å². The number of likely N-dealkylation sites (tertiary alicyclic amines) is 1. The van der Waals surface area contributed by atoms with Gasteiger partial charge in [0.25, 0.3) is 0 Å². The fourth-order valence-electron chi connectivity index (χ4n) is 3.04. The SMILES string of the molecule is Cc1ccc(CN2CCCC(CNCC(F)(F)F)C2)cc1C. The molecule has 2 nitrogen and oxygen atoms in total. The Hall–Kier alpha value is -1.07. The first-order valence-corrected chi connectivity index (χ1v) is 7.89. The average Bonchev–Trinajstić information content (AvgIpc) is 2.42.